The van der Waals surface area contributed by atoms with Crippen molar-refractivity contribution in [3.63, 3.8) is 0 Å². The van der Waals surface area contributed by atoms with Crippen LogP contribution in [0.4, 0.5) is 0 Å². The van der Waals surface area contributed by atoms with Crippen LogP contribution >= 0.6 is 0 Å². The lowest BCUT2D eigenvalue weighted by Crippen LogP contribution is -1.96. The summed E-state index contributed by atoms with van der Waals surface area (Å²) >= 11 is 0. The van der Waals surface area contributed by atoms with Gasteiger partial charge in [-0.3, -0.25) is 0 Å². The lowest BCUT2D eigenvalue weighted by molar-refractivity contribution is 1.18. The highest BCUT2D eigenvalue weighted by Gasteiger charge is 2.24. The average molecular weight is 1300 g/mol. The molecule has 0 fully saturated rings. The van der Waals surface area contributed by atoms with Gasteiger partial charge < -0.3 is 18.3 Å². The van der Waals surface area contributed by atoms with E-state index in [1.807, 2.05) is 0 Å². The molecule has 0 atom stereocenters. The minimum atomic E-state index is 1.15. The highest BCUT2D eigenvalue weighted by Crippen LogP contribution is 2.48. The molecular formula is C98H64N4. The van der Waals surface area contributed by atoms with Gasteiger partial charge in [-0.1, -0.05) is 297 Å². The molecule has 0 spiro atoms. The standard InChI is InChI=1S/C50H32N2.C48H32N2/c1-2-14-33(15-3-1)34-28-30-36(31-29-34)51-44-24-10-8-20-42(44)49-40(22-12-26-46(49)51)41-23-13-27-47-50(41)43-21-9-11-25-45(43)52(47)48-32-35-16-4-5-17-37(35)38-18-6-7-19-39(38)48;1-3-14-33(15-4-1)35-28-30-37(31-29-35)49-43-24-9-7-20-41(43)47-39(22-12-26-45(47)49)40-23-13-27-46-48(40)42-21-8-10-25-44(42)50(46)38-19-11-18-36(32-38)34-16-5-2-6-17-34/h1-32H;1-32H. The van der Waals surface area contributed by atoms with E-state index in [1.54, 1.807) is 0 Å². The molecule has 21 aromatic rings. The van der Waals surface area contributed by atoms with E-state index in [0.29, 0.717) is 0 Å². The number of aromatic nitrogens is 4. The predicted octanol–water partition coefficient (Wildman–Crippen LogP) is 26.4. The van der Waals surface area contributed by atoms with Crippen molar-refractivity contribution in [1.82, 2.24) is 18.3 Å². The van der Waals surface area contributed by atoms with Gasteiger partial charge in [-0.25, -0.2) is 0 Å². The minimum absolute atomic E-state index is 1.15. The summed E-state index contributed by atoms with van der Waals surface area (Å²) < 4.78 is 9.76. The van der Waals surface area contributed by atoms with Crippen LogP contribution < -0.4 is 0 Å². The maximum atomic E-state index is 2.49. The van der Waals surface area contributed by atoms with E-state index in [0.717, 1.165) is 17.1 Å². The summed E-state index contributed by atoms with van der Waals surface area (Å²) in [6.07, 6.45) is 0. The molecule has 0 radical (unpaired) electrons. The first-order chi connectivity index (χ1) is 50.7. The van der Waals surface area contributed by atoms with Crippen LogP contribution in [0.25, 0.3) is 187 Å². The fourth-order valence-corrected chi connectivity index (χ4v) is 16.6. The molecule has 0 N–H and O–H groups in total. The van der Waals surface area contributed by atoms with Crippen molar-refractivity contribution in [2.45, 2.75) is 0 Å². The summed E-state index contributed by atoms with van der Waals surface area (Å²) in [4.78, 5) is 0. The van der Waals surface area contributed by atoms with Crippen molar-refractivity contribution in [2.24, 2.45) is 0 Å². The summed E-state index contributed by atoms with van der Waals surface area (Å²) in [7, 11) is 0. The Hall–Kier alpha value is -13.5. The predicted molar refractivity (Wildman–Crippen MR) is 432 cm³/mol. The van der Waals surface area contributed by atoms with Crippen LogP contribution in [0.5, 0.6) is 0 Å². The molecule has 0 bridgehead atoms. The van der Waals surface area contributed by atoms with Crippen molar-refractivity contribution in [3.05, 3.63) is 388 Å². The summed E-state index contributed by atoms with van der Waals surface area (Å²) in [6, 6.07) is 141. The first-order valence-electron chi connectivity index (χ1n) is 35.1. The van der Waals surface area contributed by atoms with E-state index in [-0.39, 0.29) is 0 Å². The van der Waals surface area contributed by atoms with Crippen molar-refractivity contribution in [1.29, 1.82) is 0 Å². The van der Waals surface area contributed by atoms with E-state index < -0.39 is 0 Å². The molecule has 0 saturated carbocycles. The highest BCUT2D eigenvalue weighted by atomic mass is 15.0. The second kappa shape index (κ2) is 24.2. The second-order valence-corrected chi connectivity index (χ2v) is 26.6. The fraction of sp³-hybridized carbons (Fsp3) is 0. The van der Waals surface area contributed by atoms with Crippen molar-refractivity contribution >= 4 is 109 Å². The van der Waals surface area contributed by atoms with Crippen LogP contribution in [0.3, 0.4) is 0 Å². The quantitative estimate of drug-likeness (QED) is 0.128. The first-order valence-corrected chi connectivity index (χ1v) is 35.1. The van der Waals surface area contributed by atoms with Gasteiger partial charge in [0.2, 0.25) is 0 Å². The number of para-hydroxylation sites is 4. The van der Waals surface area contributed by atoms with Gasteiger partial charge in [-0.15, -0.1) is 0 Å². The Morgan fingerprint density at radius 1 is 0.147 bits per heavy atom. The van der Waals surface area contributed by atoms with Crippen molar-refractivity contribution < 1.29 is 0 Å². The lowest BCUT2D eigenvalue weighted by Gasteiger charge is -2.14. The summed E-state index contributed by atoms with van der Waals surface area (Å²) in [5, 5.41) is 15.1. The molecule has 0 saturated heterocycles. The minimum Gasteiger partial charge on any atom is -0.309 e. The zero-order chi connectivity index (χ0) is 67.2. The van der Waals surface area contributed by atoms with E-state index in [1.165, 1.54) is 170 Å². The molecule has 4 aromatic heterocycles. The first kappa shape index (κ1) is 58.6. The average Bonchev–Trinajstić information content (AvgIpc) is 1.56. The molecule has 4 heterocycles. The summed E-state index contributed by atoms with van der Waals surface area (Å²) in [5.74, 6) is 0. The van der Waals surface area contributed by atoms with Gasteiger partial charge in [0.1, 0.15) is 0 Å². The molecular weight excluding hydrogens is 1230 g/mol. The third-order valence-corrected chi connectivity index (χ3v) is 21.0. The Labute approximate surface area is 590 Å². The normalized spacial score (nSPS) is 11.7. The topological polar surface area (TPSA) is 19.7 Å². The highest BCUT2D eigenvalue weighted by molar-refractivity contribution is 6.25. The number of rotatable bonds is 9. The number of nitrogens with zero attached hydrogens (tertiary/aromatic N) is 4. The molecule has 0 amide bonds. The molecule has 4 nitrogen and oxygen atoms in total. The summed E-state index contributed by atoms with van der Waals surface area (Å²) in [6.45, 7) is 0. The van der Waals surface area contributed by atoms with Crippen LogP contribution in [-0.4, -0.2) is 18.3 Å². The molecule has 0 aliphatic carbocycles. The molecule has 0 aliphatic heterocycles. The monoisotopic (exact) mass is 1300 g/mol. The molecule has 0 unspecified atom stereocenters. The Bertz CT molecular complexity index is 6830. The maximum absolute atomic E-state index is 2.49. The van der Waals surface area contributed by atoms with Crippen LogP contribution in [0, 0.1) is 0 Å². The van der Waals surface area contributed by atoms with Crippen molar-refractivity contribution in [3.8, 4) is 78.4 Å². The maximum Gasteiger partial charge on any atom is 0.0547 e. The smallest absolute Gasteiger partial charge is 0.0547 e. The molecule has 17 aromatic carbocycles. The molecule has 4 heteroatoms. The van der Waals surface area contributed by atoms with Crippen LogP contribution in [-0.2, 0) is 0 Å². The largest absolute Gasteiger partial charge is 0.309 e. The van der Waals surface area contributed by atoms with Gasteiger partial charge in [0.25, 0.3) is 0 Å². The van der Waals surface area contributed by atoms with Crippen LogP contribution in [0.2, 0.25) is 0 Å². The Morgan fingerprint density at radius 3 is 0.853 bits per heavy atom. The molecule has 476 valence electrons. The third kappa shape index (κ3) is 9.45. The number of fused-ring (bicyclic) bond motifs is 15. The Balaban J connectivity index is 0.000000137. The van der Waals surface area contributed by atoms with E-state index in [2.05, 4.69) is 407 Å². The van der Waals surface area contributed by atoms with Crippen LogP contribution in [0.15, 0.2) is 388 Å². The zero-order valence-electron chi connectivity index (χ0n) is 55.7. The van der Waals surface area contributed by atoms with E-state index in [9.17, 15) is 0 Å². The fourth-order valence-electron chi connectivity index (χ4n) is 16.6. The molecule has 0 aliphatic rings. The van der Waals surface area contributed by atoms with Gasteiger partial charge in [0, 0.05) is 65.5 Å². The van der Waals surface area contributed by atoms with Gasteiger partial charge in [0.05, 0.1) is 49.8 Å². The Kier molecular flexibility index (Phi) is 13.9. The number of hydrogen-bond acceptors (Lipinski definition) is 0. The second-order valence-electron chi connectivity index (χ2n) is 26.6. The van der Waals surface area contributed by atoms with E-state index in [4.69, 9.17) is 0 Å². The number of benzene rings is 17. The van der Waals surface area contributed by atoms with Crippen molar-refractivity contribution in [2.75, 3.05) is 0 Å². The number of hydrogen-bond donors (Lipinski definition) is 0. The SMILES string of the molecule is c1ccc(-c2ccc(-n3c4ccccc4c4c(-c5cccc6c5c5ccccc5n6-c5cc6ccccc6c6ccccc56)cccc43)cc2)cc1.c1ccc(-c2ccc(-n3c4ccccc4c4c(-c5cccc6c5c5ccccc5n6-c5cccc(-c6ccccc6)c5)cccc43)cc2)cc1. The zero-order valence-corrected chi connectivity index (χ0v) is 55.7. The third-order valence-electron chi connectivity index (χ3n) is 21.0. The molecule has 102 heavy (non-hydrogen) atoms. The van der Waals surface area contributed by atoms with Gasteiger partial charge in [0.15, 0.2) is 0 Å². The molecule has 21 rings (SSSR count). The summed E-state index contributed by atoms with van der Waals surface area (Å²) in [5.41, 5.74) is 26.6. The van der Waals surface area contributed by atoms with Gasteiger partial charge in [-0.05, 0) is 163 Å². The van der Waals surface area contributed by atoms with Crippen LogP contribution in [0.1, 0.15) is 0 Å². The van der Waals surface area contributed by atoms with Gasteiger partial charge >= 0.3 is 0 Å². The Morgan fingerprint density at radius 2 is 0.431 bits per heavy atom. The van der Waals surface area contributed by atoms with E-state index >= 15 is 0 Å². The van der Waals surface area contributed by atoms with Gasteiger partial charge in [-0.2, -0.15) is 0 Å². The lowest BCUT2D eigenvalue weighted by atomic mass is 9.95.